The van der Waals surface area contributed by atoms with Crippen molar-refractivity contribution in [2.45, 2.75) is 19.3 Å². The minimum absolute atomic E-state index is 0.0755. The smallest absolute Gasteiger partial charge is 0.227 e. The second kappa shape index (κ2) is 10.3. The summed E-state index contributed by atoms with van der Waals surface area (Å²) in [6.45, 7) is 0.504. The van der Waals surface area contributed by atoms with Crippen molar-refractivity contribution in [3.05, 3.63) is 70.3 Å². The Hall–Kier alpha value is -2.83. The monoisotopic (exact) mass is 444 g/mol. The highest BCUT2D eigenvalue weighted by molar-refractivity contribution is 6.31. The summed E-state index contributed by atoms with van der Waals surface area (Å²) in [5.74, 6) is -0.0223. The summed E-state index contributed by atoms with van der Waals surface area (Å²) < 4.78 is 1.77. The normalized spacial score (nSPS) is 10.6. The Balaban J connectivity index is 1.44. The van der Waals surface area contributed by atoms with Crippen molar-refractivity contribution >= 4 is 41.0 Å². The largest absolute Gasteiger partial charge is 0.356 e. The molecular formula is C22H22Cl2N4O2. The topological polar surface area (TPSA) is 76.0 Å². The van der Waals surface area contributed by atoms with Crippen LogP contribution in [-0.4, -0.2) is 27.9 Å². The average molecular weight is 445 g/mol. The van der Waals surface area contributed by atoms with Crippen molar-refractivity contribution in [2.75, 3.05) is 11.9 Å². The van der Waals surface area contributed by atoms with Gasteiger partial charge in [0.05, 0.1) is 11.9 Å². The summed E-state index contributed by atoms with van der Waals surface area (Å²) >= 11 is 11.9. The van der Waals surface area contributed by atoms with Crippen LogP contribution in [0.1, 0.15) is 18.4 Å². The maximum atomic E-state index is 12.2. The van der Waals surface area contributed by atoms with Crippen LogP contribution in [-0.2, 0) is 23.1 Å². The van der Waals surface area contributed by atoms with E-state index in [1.807, 2.05) is 49.5 Å². The van der Waals surface area contributed by atoms with Gasteiger partial charge >= 0.3 is 0 Å². The number of hydrogen-bond donors (Lipinski definition) is 2. The molecule has 0 radical (unpaired) electrons. The number of hydrogen-bond acceptors (Lipinski definition) is 3. The van der Waals surface area contributed by atoms with E-state index >= 15 is 0 Å². The zero-order valence-corrected chi connectivity index (χ0v) is 18.0. The third-order valence-corrected chi connectivity index (χ3v) is 5.08. The van der Waals surface area contributed by atoms with Crippen LogP contribution < -0.4 is 10.6 Å². The van der Waals surface area contributed by atoms with Gasteiger partial charge in [-0.2, -0.15) is 0 Å². The molecule has 0 saturated carbocycles. The number of rotatable bonds is 8. The van der Waals surface area contributed by atoms with E-state index in [2.05, 4.69) is 15.6 Å². The molecular weight excluding hydrogens is 423 g/mol. The van der Waals surface area contributed by atoms with E-state index in [0.717, 1.165) is 16.8 Å². The van der Waals surface area contributed by atoms with E-state index in [-0.39, 0.29) is 24.7 Å². The Labute approximate surface area is 185 Å². The van der Waals surface area contributed by atoms with Crippen LogP contribution in [0, 0.1) is 0 Å². The number of benzene rings is 2. The van der Waals surface area contributed by atoms with E-state index in [4.69, 9.17) is 23.2 Å². The van der Waals surface area contributed by atoms with Crippen LogP contribution in [0.4, 0.5) is 5.95 Å². The number of nitrogens with one attached hydrogen (secondary N) is 2. The maximum Gasteiger partial charge on any atom is 0.227 e. The number of carbonyl (C=O) groups excluding carboxylic acids is 2. The average Bonchev–Trinajstić information content (AvgIpc) is 3.08. The van der Waals surface area contributed by atoms with Crippen LogP contribution in [0.15, 0.2) is 54.7 Å². The van der Waals surface area contributed by atoms with E-state index in [1.54, 1.807) is 16.8 Å². The second-order valence-corrected chi connectivity index (χ2v) is 7.68. The molecule has 0 atom stereocenters. The first kappa shape index (κ1) is 21.9. The number of aromatic nitrogens is 2. The van der Waals surface area contributed by atoms with Crippen LogP contribution >= 0.6 is 23.2 Å². The molecule has 8 heteroatoms. The molecule has 2 aromatic carbocycles. The molecule has 0 aliphatic rings. The molecule has 1 heterocycles. The van der Waals surface area contributed by atoms with Crippen molar-refractivity contribution < 1.29 is 9.59 Å². The molecule has 0 aliphatic carbocycles. The molecule has 3 rings (SSSR count). The predicted octanol–water partition coefficient (Wildman–Crippen LogP) is 4.47. The van der Waals surface area contributed by atoms with Gasteiger partial charge in [-0.05, 0) is 36.2 Å². The fourth-order valence-corrected chi connectivity index (χ4v) is 3.26. The van der Waals surface area contributed by atoms with Gasteiger partial charge in [0, 0.05) is 42.0 Å². The van der Waals surface area contributed by atoms with Crippen LogP contribution in [0.5, 0.6) is 0 Å². The van der Waals surface area contributed by atoms with Crippen LogP contribution in [0.25, 0.3) is 11.3 Å². The van der Waals surface area contributed by atoms with E-state index in [0.29, 0.717) is 29.0 Å². The molecule has 0 bridgehead atoms. The van der Waals surface area contributed by atoms with Crippen molar-refractivity contribution in [2.24, 2.45) is 7.05 Å². The van der Waals surface area contributed by atoms with Crippen molar-refractivity contribution in [1.82, 2.24) is 14.9 Å². The first-order valence-corrected chi connectivity index (χ1v) is 10.3. The lowest BCUT2D eigenvalue weighted by molar-refractivity contribution is -0.124. The fraction of sp³-hybridized carbons (Fsp3) is 0.227. The standard InChI is InChI=1S/C22H22Cl2N4O2/c1-28-19(16-3-2-4-18(24)13-16)14-26-22(28)27-21(30)10-9-20(29)25-12-11-15-5-7-17(23)8-6-15/h2-8,13-14H,9-12H2,1H3,(H,25,29)(H,26,27,30). The van der Waals surface area contributed by atoms with Gasteiger partial charge in [0.25, 0.3) is 0 Å². The van der Waals surface area contributed by atoms with Crippen molar-refractivity contribution in [3.8, 4) is 11.3 Å². The first-order chi connectivity index (χ1) is 14.4. The quantitative estimate of drug-likeness (QED) is 0.537. The van der Waals surface area contributed by atoms with Gasteiger partial charge in [-0.3, -0.25) is 14.9 Å². The van der Waals surface area contributed by atoms with Gasteiger partial charge < -0.3 is 9.88 Å². The van der Waals surface area contributed by atoms with Gasteiger partial charge in [-0.25, -0.2) is 4.98 Å². The lowest BCUT2D eigenvalue weighted by atomic mass is 10.1. The third-order valence-electron chi connectivity index (χ3n) is 4.59. The Bertz CT molecular complexity index is 1030. The molecule has 0 aliphatic heterocycles. The van der Waals surface area contributed by atoms with Crippen molar-refractivity contribution in [3.63, 3.8) is 0 Å². The molecule has 156 valence electrons. The summed E-state index contributed by atoms with van der Waals surface area (Å²) in [5, 5.41) is 6.87. The highest BCUT2D eigenvalue weighted by Crippen LogP contribution is 2.24. The predicted molar refractivity (Wildman–Crippen MR) is 120 cm³/mol. The number of halogens is 2. The second-order valence-electron chi connectivity index (χ2n) is 6.81. The SMILES string of the molecule is Cn1c(-c2cccc(Cl)c2)cnc1NC(=O)CCC(=O)NCCc1ccc(Cl)cc1. The Morgan fingerprint density at radius 3 is 2.47 bits per heavy atom. The van der Waals surface area contributed by atoms with Gasteiger partial charge in [-0.1, -0.05) is 47.5 Å². The summed E-state index contributed by atoms with van der Waals surface area (Å²) in [6, 6.07) is 14.9. The molecule has 0 spiro atoms. The van der Waals surface area contributed by atoms with E-state index < -0.39 is 0 Å². The van der Waals surface area contributed by atoms with Crippen LogP contribution in [0.2, 0.25) is 10.0 Å². The summed E-state index contributed by atoms with van der Waals surface area (Å²) in [4.78, 5) is 28.5. The first-order valence-electron chi connectivity index (χ1n) is 9.51. The van der Waals surface area contributed by atoms with Crippen molar-refractivity contribution in [1.29, 1.82) is 0 Å². The number of imidazole rings is 1. The molecule has 0 saturated heterocycles. The number of anilines is 1. The molecule has 0 fully saturated rings. The molecule has 3 aromatic rings. The Morgan fingerprint density at radius 2 is 1.73 bits per heavy atom. The van der Waals surface area contributed by atoms with E-state index in [1.165, 1.54) is 0 Å². The highest BCUT2D eigenvalue weighted by atomic mass is 35.5. The minimum Gasteiger partial charge on any atom is -0.356 e. The molecule has 1 aromatic heterocycles. The number of nitrogens with zero attached hydrogens (tertiary/aromatic N) is 2. The lowest BCUT2D eigenvalue weighted by Crippen LogP contribution is -2.27. The molecule has 30 heavy (non-hydrogen) atoms. The Morgan fingerprint density at radius 1 is 1.00 bits per heavy atom. The zero-order chi connectivity index (χ0) is 21.5. The highest BCUT2D eigenvalue weighted by Gasteiger charge is 2.13. The zero-order valence-electron chi connectivity index (χ0n) is 16.5. The maximum absolute atomic E-state index is 12.2. The number of carbonyl (C=O) groups is 2. The fourth-order valence-electron chi connectivity index (χ4n) is 2.94. The van der Waals surface area contributed by atoms with Gasteiger partial charge in [0.15, 0.2) is 0 Å². The lowest BCUT2D eigenvalue weighted by Gasteiger charge is -2.08. The molecule has 2 N–H and O–H groups in total. The van der Waals surface area contributed by atoms with Crippen LogP contribution in [0.3, 0.4) is 0 Å². The number of amides is 2. The van der Waals surface area contributed by atoms with E-state index in [9.17, 15) is 9.59 Å². The summed E-state index contributed by atoms with van der Waals surface area (Å²) in [7, 11) is 1.81. The minimum atomic E-state index is -0.269. The molecule has 2 amide bonds. The van der Waals surface area contributed by atoms with Gasteiger partial charge in [-0.15, -0.1) is 0 Å². The summed E-state index contributed by atoms with van der Waals surface area (Å²) in [6.07, 6.45) is 2.56. The third kappa shape index (κ3) is 6.08. The van der Waals surface area contributed by atoms with Gasteiger partial charge in [0.1, 0.15) is 0 Å². The summed E-state index contributed by atoms with van der Waals surface area (Å²) in [5.41, 5.74) is 2.81. The molecule has 6 nitrogen and oxygen atoms in total. The molecule has 0 unspecified atom stereocenters. The Kier molecular flexibility index (Phi) is 7.49. The van der Waals surface area contributed by atoms with Gasteiger partial charge in [0.2, 0.25) is 17.8 Å².